The minimum Gasteiger partial charge on any atom is -0.497 e. The van der Waals surface area contributed by atoms with Crippen LogP contribution in [0, 0.1) is 0 Å². The van der Waals surface area contributed by atoms with Gasteiger partial charge in [-0.2, -0.15) is 9.78 Å². The van der Waals surface area contributed by atoms with Crippen molar-refractivity contribution in [3.05, 3.63) is 80.6 Å². The van der Waals surface area contributed by atoms with Crippen LogP contribution in [0.4, 0.5) is 0 Å². The summed E-state index contributed by atoms with van der Waals surface area (Å²) in [6, 6.07) is 13.6. The Kier molecular flexibility index (Phi) is 7.07. The smallest absolute Gasteiger partial charge is 0.352 e. The highest BCUT2D eigenvalue weighted by molar-refractivity contribution is 5.91. The molecule has 4 rings (SSSR count). The Bertz CT molecular complexity index is 1280. The number of carbonyl (C=O) groups is 1. The van der Waals surface area contributed by atoms with E-state index in [1.807, 2.05) is 0 Å². The molecule has 1 saturated heterocycles. The molecule has 3 aromatic rings. The molecule has 1 aliphatic rings. The Hall–Kier alpha value is -3.92. The maximum absolute atomic E-state index is 13.3. The van der Waals surface area contributed by atoms with Gasteiger partial charge in [-0.3, -0.25) is 14.2 Å². The molecular formula is C24H26N4O6. The Morgan fingerprint density at radius 2 is 1.88 bits per heavy atom. The van der Waals surface area contributed by atoms with Gasteiger partial charge in [0.2, 0.25) is 5.69 Å². The number of aromatic nitrogens is 3. The van der Waals surface area contributed by atoms with Gasteiger partial charge in [0, 0.05) is 13.2 Å². The number of benzene rings is 2. The molecule has 1 amide bonds. The van der Waals surface area contributed by atoms with E-state index in [1.165, 1.54) is 14.2 Å². The molecule has 1 fully saturated rings. The van der Waals surface area contributed by atoms with Crippen LogP contribution in [-0.2, 0) is 11.3 Å². The highest BCUT2D eigenvalue weighted by Crippen LogP contribution is 2.15. The Balaban J connectivity index is 1.76. The van der Waals surface area contributed by atoms with Crippen LogP contribution in [0.2, 0.25) is 0 Å². The summed E-state index contributed by atoms with van der Waals surface area (Å²) < 4.78 is 18.0. The minimum atomic E-state index is -0.776. The molecule has 0 radical (unpaired) electrons. The number of hydrogen-bond acceptors (Lipinski definition) is 7. The topological polar surface area (TPSA) is 114 Å². The van der Waals surface area contributed by atoms with Gasteiger partial charge in [0.15, 0.2) is 0 Å². The van der Waals surface area contributed by atoms with Gasteiger partial charge in [0.1, 0.15) is 11.5 Å². The molecule has 2 aromatic carbocycles. The molecule has 0 aliphatic carbocycles. The fourth-order valence-corrected chi connectivity index (χ4v) is 3.74. The maximum atomic E-state index is 13.3. The van der Waals surface area contributed by atoms with E-state index in [-0.39, 0.29) is 24.9 Å². The third-order valence-electron chi connectivity index (χ3n) is 5.58. The van der Waals surface area contributed by atoms with Crippen LogP contribution in [-0.4, -0.2) is 53.7 Å². The van der Waals surface area contributed by atoms with Crippen molar-refractivity contribution in [3.8, 4) is 17.2 Å². The number of ether oxygens (including phenoxy) is 3. The molecule has 0 spiro atoms. The summed E-state index contributed by atoms with van der Waals surface area (Å²) in [5.74, 6) is 0.516. The van der Waals surface area contributed by atoms with Gasteiger partial charge in [0.25, 0.3) is 11.5 Å². The highest BCUT2D eigenvalue weighted by Gasteiger charge is 2.23. The standard InChI is InChI=1S/C24H26N4O6/c1-32-18-10-8-17(9-11-18)28-24(31)27(15-16-5-3-6-19(13-16)33-2)23(30)21(26-28)22(29)25-14-20-7-4-12-34-20/h3,5-6,8-11,13,20H,4,7,12,14-15H2,1-2H3,(H,25,29)/t20-/m1/s1. The van der Waals surface area contributed by atoms with Crippen LogP contribution in [0.3, 0.4) is 0 Å². The number of nitrogens with zero attached hydrogens (tertiary/aromatic N) is 3. The molecule has 1 aliphatic heterocycles. The highest BCUT2D eigenvalue weighted by atomic mass is 16.5. The summed E-state index contributed by atoms with van der Waals surface area (Å²) >= 11 is 0. The largest absolute Gasteiger partial charge is 0.497 e. The maximum Gasteiger partial charge on any atom is 0.352 e. The van der Waals surface area contributed by atoms with Crippen molar-refractivity contribution in [2.75, 3.05) is 27.4 Å². The first kappa shape index (κ1) is 23.2. The number of carbonyl (C=O) groups excluding carboxylic acids is 1. The van der Waals surface area contributed by atoms with Crippen LogP contribution < -0.4 is 26.0 Å². The second kappa shape index (κ2) is 10.3. The molecule has 0 saturated carbocycles. The van der Waals surface area contributed by atoms with Crippen molar-refractivity contribution >= 4 is 5.91 Å². The van der Waals surface area contributed by atoms with E-state index in [0.29, 0.717) is 29.4 Å². The number of methoxy groups -OCH3 is 2. The van der Waals surface area contributed by atoms with E-state index in [1.54, 1.807) is 48.5 Å². The molecule has 1 atom stereocenters. The van der Waals surface area contributed by atoms with E-state index in [4.69, 9.17) is 14.2 Å². The van der Waals surface area contributed by atoms with Crippen molar-refractivity contribution in [1.29, 1.82) is 0 Å². The van der Waals surface area contributed by atoms with E-state index < -0.39 is 17.2 Å². The van der Waals surface area contributed by atoms with Gasteiger partial charge < -0.3 is 19.5 Å². The van der Waals surface area contributed by atoms with Crippen LogP contribution in [0.1, 0.15) is 28.9 Å². The summed E-state index contributed by atoms with van der Waals surface area (Å²) in [4.78, 5) is 39.4. The summed E-state index contributed by atoms with van der Waals surface area (Å²) in [6.07, 6.45) is 1.66. The minimum absolute atomic E-state index is 0.0560. The number of hydrogen-bond donors (Lipinski definition) is 1. The third kappa shape index (κ3) is 5.01. The summed E-state index contributed by atoms with van der Waals surface area (Å²) in [5, 5.41) is 6.84. The fraction of sp³-hybridized carbons (Fsp3) is 0.333. The lowest BCUT2D eigenvalue weighted by Crippen LogP contribution is -2.46. The Labute approximate surface area is 195 Å². The average Bonchev–Trinajstić information content (AvgIpc) is 3.39. The Morgan fingerprint density at radius 3 is 2.56 bits per heavy atom. The molecule has 0 unspecified atom stereocenters. The predicted molar refractivity (Wildman–Crippen MR) is 124 cm³/mol. The van der Waals surface area contributed by atoms with Crippen LogP contribution >= 0.6 is 0 Å². The summed E-state index contributed by atoms with van der Waals surface area (Å²) in [6.45, 7) is 0.853. The quantitative estimate of drug-likeness (QED) is 0.533. The third-order valence-corrected chi connectivity index (χ3v) is 5.58. The molecule has 0 bridgehead atoms. The zero-order valence-electron chi connectivity index (χ0n) is 19.0. The van der Waals surface area contributed by atoms with Crippen molar-refractivity contribution in [3.63, 3.8) is 0 Å². The first-order chi connectivity index (χ1) is 16.5. The molecule has 10 heteroatoms. The number of amides is 1. The van der Waals surface area contributed by atoms with E-state index >= 15 is 0 Å². The van der Waals surface area contributed by atoms with Gasteiger partial charge in [-0.25, -0.2) is 4.79 Å². The van der Waals surface area contributed by atoms with Gasteiger partial charge in [-0.15, -0.1) is 0 Å². The Morgan fingerprint density at radius 1 is 1.12 bits per heavy atom. The average molecular weight is 466 g/mol. The lowest BCUT2D eigenvalue weighted by Gasteiger charge is -2.14. The van der Waals surface area contributed by atoms with Crippen LogP contribution in [0.25, 0.3) is 5.69 Å². The monoisotopic (exact) mass is 466 g/mol. The van der Waals surface area contributed by atoms with E-state index in [0.717, 1.165) is 22.1 Å². The first-order valence-electron chi connectivity index (χ1n) is 10.9. The molecule has 1 N–H and O–H groups in total. The first-order valence-corrected chi connectivity index (χ1v) is 10.9. The number of nitrogens with one attached hydrogen (secondary N) is 1. The number of rotatable bonds is 8. The molecule has 178 valence electrons. The molecule has 34 heavy (non-hydrogen) atoms. The molecule has 2 heterocycles. The molecular weight excluding hydrogens is 440 g/mol. The normalized spacial score (nSPS) is 15.2. The second-order valence-electron chi connectivity index (χ2n) is 7.83. The molecule has 1 aromatic heterocycles. The van der Waals surface area contributed by atoms with Gasteiger partial charge in [-0.05, 0) is 54.8 Å². The molecule has 10 nitrogen and oxygen atoms in total. The van der Waals surface area contributed by atoms with Gasteiger partial charge in [0.05, 0.1) is 32.6 Å². The van der Waals surface area contributed by atoms with Crippen LogP contribution in [0.5, 0.6) is 11.5 Å². The van der Waals surface area contributed by atoms with E-state index in [9.17, 15) is 14.4 Å². The van der Waals surface area contributed by atoms with Crippen molar-refractivity contribution in [1.82, 2.24) is 19.7 Å². The van der Waals surface area contributed by atoms with Gasteiger partial charge in [-0.1, -0.05) is 12.1 Å². The SMILES string of the molecule is COc1ccc(-n2nc(C(=O)NC[C@H]3CCCO3)c(=O)n(Cc3cccc(OC)c3)c2=O)cc1. The summed E-state index contributed by atoms with van der Waals surface area (Å²) in [5.41, 5.74) is -0.775. The zero-order chi connectivity index (χ0) is 24.1. The van der Waals surface area contributed by atoms with Crippen molar-refractivity contribution < 1.29 is 19.0 Å². The second-order valence-corrected chi connectivity index (χ2v) is 7.83. The predicted octanol–water partition coefficient (Wildman–Crippen LogP) is 1.37. The van der Waals surface area contributed by atoms with Crippen LogP contribution in [0.15, 0.2) is 58.1 Å². The fourth-order valence-electron chi connectivity index (χ4n) is 3.74. The lowest BCUT2D eigenvalue weighted by atomic mass is 10.2. The van der Waals surface area contributed by atoms with Crippen molar-refractivity contribution in [2.45, 2.75) is 25.5 Å². The van der Waals surface area contributed by atoms with Gasteiger partial charge >= 0.3 is 5.69 Å². The van der Waals surface area contributed by atoms with Crippen molar-refractivity contribution in [2.24, 2.45) is 0 Å². The summed E-state index contributed by atoms with van der Waals surface area (Å²) in [7, 11) is 3.06. The lowest BCUT2D eigenvalue weighted by molar-refractivity contribution is 0.0849. The zero-order valence-corrected chi connectivity index (χ0v) is 19.0. The van der Waals surface area contributed by atoms with E-state index in [2.05, 4.69) is 10.4 Å².